The van der Waals surface area contributed by atoms with E-state index >= 15 is 0 Å². The molecule has 1 fully saturated rings. The molecule has 0 radical (unpaired) electrons. The number of hydrogen-bond acceptors (Lipinski definition) is 6. The molecular formula is C24H21N3O3S2. The number of nitrogens with zero attached hydrogens (tertiary/aromatic N) is 3. The fourth-order valence-electron chi connectivity index (χ4n) is 3.69. The third kappa shape index (κ3) is 3.80. The summed E-state index contributed by atoms with van der Waals surface area (Å²) in [5.74, 6) is 1.34. The Balaban J connectivity index is 1.61. The maximum Gasteiger partial charge on any atom is 0.266 e. The Bertz CT molecular complexity index is 1230. The summed E-state index contributed by atoms with van der Waals surface area (Å²) in [4.78, 5) is 15.2. The topological polar surface area (TPSA) is 56.6 Å². The van der Waals surface area contributed by atoms with E-state index in [9.17, 15) is 4.79 Å². The molecule has 2 aliphatic rings. The first kappa shape index (κ1) is 20.8. The minimum Gasteiger partial charge on any atom is -0.486 e. The number of carbonyl (C=O) groups is 1. The Kier molecular flexibility index (Phi) is 5.48. The minimum absolute atomic E-state index is 0.0118. The summed E-state index contributed by atoms with van der Waals surface area (Å²) < 4.78 is 13.8. The van der Waals surface area contributed by atoms with Gasteiger partial charge >= 0.3 is 0 Å². The lowest BCUT2D eigenvalue weighted by Gasteiger charge is -2.18. The van der Waals surface area contributed by atoms with Crippen LogP contribution in [0.4, 0.5) is 0 Å². The minimum atomic E-state index is -0.0735. The van der Waals surface area contributed by atoms with Crippen LogP contribution in [0.25, 0.3) is 23.0 Å². The molecule has 0 bridgehead atoms. The maximum absolute atomic E-state index is 13.0. The summed E-state index contributed by atoms with van der Waals surface area (Å²) in [6, 6.07) is 15.7. The summed E-state index contributed by atoms with van der Waals surface area (Å²) >= 11 is 6.76. The average Bonchev–Trinajstić information content (AvgIpc) is 3.34. The molecule has 3 aromatic rings. The van der Waals surface area contributed by atoms with Crippen LogP contribution in [0.5, 0.6) is 11.5 Å². The number of hydrogen-bond donors (Lipinski definition) is 0. The van der Waals surface area contributed by atoms with Crippen molar-refractivity contribution < 1.29 is 14.3 Å². The Hall–Kier alpha value is -3.10. The van der Waals surface area contributed by atoms with Gasteiger partial charge in [-0.05, 0) is 50.3 Å². The Morgan fingerprint density at radius 1 is 1.09 bits per heavy atom. The second-order valence-electron chi connectivity index (χ2n) is 7.72. The molecule has 1 aromatic heterocycles. The van der Waals surface area contributed by atoms with E-state index in [1.165, 1.54) is 11.8 Å². The van der Waals surface area contributed by atoms with Gasteiger partial charge in [0.25, 0.3) is 5.91 Å². The van der Waals surface area contributed by atoms with Gasteiger partial charge in [0.2, 0.25) is 0 Å². The van der Waals surface area contributed by atoms with Gasteiger partial charge < -0.3 is 9.47 Å². The number of benzene rings is 2. The summed E-state index contributed by atoms with van der Waals surface area (Å²) in [6.45, 7) is 4.97. The molecule has 0 spiro atoms. The van der Waals surface area contributed by atoms with E-state index < -0.39 is 0 Å². The molecular weight excluding hydrogens is 442 g/mol. The van der Waals surface area contributed by atoms with E-state index in [0.29, 0.717) is 28.2 Å². The zero-order chi connectivity index (χ0) is 22.2. The van der Waals surface area contributed by atoms with Crippen LogP contribution in [0.2, 0.25) is 0 Å². The van der Waals surface area contributed by atoms with Crippen molar-refractivity contribution in [3.63, 3.8) is 0 Å². The molecule has 0 aliphatic carbocycles. The van der Waals surface area contributed by atoms with Crippen LogP contribution in [-0.4, -0.2) is 44.2 Å². The first-order chi connectivity index (χ1) is 15.5. The predicted molar refractivity (Wildman–Crippen MR) is 130 cm³/mol. The van der Waals surface area contributed by atoms with E-state index in [1.54, 1.807) is 4.90 Å². The van der Waals surface area contributed by atoms with Crippen LogP contribution in [-0.2, 0) is 4.79 Å². The van der Waals surface area contributed by atoms with Gasteiger partial charge in [-0.25, -0.2) is 4.68 Å². The first-order valence-electron chi connectivity index (χ1n) is 10.3. The lowest BCUT2D eigenvalue weighted by Crippen LogP contribution is -2.34. The summed E-state index contributed by atoms with van der Waals surface area (Å²) in [5.41, 5.74) is 3.39. The zero-order valence-electron chi connectivity index (χ0n) is 17.6. The Morgan fingerprint density at radius 2 is 1.84 bits per heavy atom. The highest BCUT2D eigenvalue weighted by Gasteiger charge is 2.34. The number of rotatable bonds is 4. The van der Waals surface area contributed by atoms with E-state index in [0.717, 1.165) is 28.3 Å². The highest BCUT2D eigenvalue weighted by molar-refractivity contribution is 8.26. The van der Waals surface area contributed by atoms with Crippen molar-refractivity contribution in [1.82, 2.24) is 14.7 Å². The molecule has 0 saturated carbocycles. The van der Waals surface area contributed by atoms with Crippen LogP contribution in [0.3, 0.4) is 0 Å². The van der Waals surface area contributed by atoms with Crippen LogP contribution in [0.1, 0.15) is 19.4 Å². The highest BCUT2D eigenvalue weighted by atomic mass is 32.2. The van der Waals surface area contributed by atoms with Crippen LogP contribution in [0.15, 0.2) is 59.6 Å². The molecule has 2 aliphatic heterocycles. The number of thiocarbonyl (C=S) groups is 1. The van der Waals surface area contributed by atoms with E-state index in [1.807, 2.05) is 79.3 Å². The summed E-state index contributed by atoms with van der Waals surface area (Å²) in [7, 11) is 0. The van der Waals surface area contributed by atoms with Crippen molar-refractivity contribution in [3.05, 3.63) is 65.2 Å². The van der Waals surface area contributed by atoms with Gasteiger partial charge in [0.1, 0.15) is 23.2 Å². The quantitative estimate of drug-likeness (QED) is 0.404. The Morgan fingerprint density at radius 3 is 2.56 bits per heavy atom. The molecule has 5 rings (SSSR count). The average molecular weight is 464 g/mol. The fraction of sp³-hybridized carbons (Fsp3) is 0.208. The summed E-state index contributed by atoms with van der Waals surface area (Å²) in [5, 5.41) is 4.85. The lowest BCUT2D eigenvalue weighted by molar-refractivity contribution is -0.123. The van der Waals surface area contributed by atoms with Crippen LogP contribution >= 0.6 is 24.0 Å². The number of ether oxygens (including phenoxy) is 2. The first-order valence-corrected chi connectivity index (χ1v) is 11.6. The van der Waals surface area contributed by atoms with Gasteiger partial charge in [-0.2, -0.15) is 5.10 Å². The number of aromatic nitrogens is 2. The standard InChI is InChI=1S/C24H21N3O3S2/c1-15(2)27-23(28)21(32-24(27)31)13-17-14-26(18-6-4-3-5-7-18)25-22(17)16-8-9-19-20(12-16)30-11-10-29-19/h3-9,12-15H,10-11H2,1-2H3. The molecule has 0 atom stereocenters. The van der Waals surface area contributed by atoms with Crippen molar-refractivity contribution in [2.75, 3.05) is 13.2 Å². The fourth-order valence-corrected chi connectivity index (χ4v) is 5.20. The van der Waals surface area contributed by atoms with Crippen LogP contribution in [0, 0.1) is 0 Å². The smallest absolute Gasteiger partial charge is 0.266 e. The zero-order valence-corrected chi connectivity index (χ0v) is 19.3. The maximum atomic E-state index is 13.0. The lowest BCUT2D eigenvalue weighted by atomic mass is 10.1. The predicted octanol–water partition coefficient (Wildman–Crippen LogP) is 4.92. The third-order valence-corrected chi connectivity index (χ3v) is 6.54. The molecule has 8 heteroatoms. The number of amides is 1. The number of fused-ring (bicyclic) bond motifs is 1. The van der Waals surface area contributed by atoms with Gasteiger partial charge in [0.15, 0.2) is 11.5 Å². The monoisotopic (exact) mass is 463 g/mol. The molecule has 3 heterocycles. The summed E-state index contributed by atoms with van der Waals surface area (Å²) in [6.07, 6.45) is 3.81. The highest BCUT2D eigenvalue weighted by Crippen LogP contribution is 2.38. The van der Waals surface area contributed by atoms with Crippen molar-refractivity contribution in [2.24, 2.45) is 0 Å². The molecule has 0 unspecified atom stereocenters. The van der Waals surface area contributed by atoms with E-state index in [-0.39, 0.29) is 11.9 Å². The third-order valence-electron chi connectivity index (χ3n) is 5.21. The number of thioether (sulfide) groups is 1. The number of carbonyl (C=O) groups excluding carboxylic acids is 1. The molecule has 162 valence electrons. The van der Waals surface area contributed by atoms with Crippen molar-refractivity contribution in [2.45, 2.75) is 19.9 Å². The largest absolute Gasteiger partial charge is 0.486 e. The van der Waals surface area contributed by atoms with Gasteiger partial charge in [0, 0.05) is 23.4 Å². The second kappa shape index (κ2) is 8.44. The molecule has 1 saturated heterocycles. The molecule has 2 aromatic carbocycles. The molecule has 32 heavy (non-hydrogen) atoms. The Labute approximate surface area is 195 Å². The van der Waals surface area contributed by atoms with E-state index in [4.69, 9.17) is 26.8 Å². The van der Waals surface area contributed by atoms with Crippen molar-refractivity contribution in [1.29, 1.82) is 0 Å². The molecule has 1 amide bonds. The van der Waals surface area contributed by atoms with Crippen LogP contribution < -0.4 is 9.47 Å². The second-order valence-corrected chi connectivity index (χ2v) is 9.39. The SMILES string of the molecule is CC(C)N1C(=O)C(=Cc2cn(-c3ccccc3)nc2-c2ccc3c(c2)OCCO3)SC1=S. The molecule has 6 nitrogen and oxygen atoms in total. The van der Waals surface area contributed by atoms with Gasteiger partial charge in [-0.1, -0.05) is 42.2 Å². The normalized spacial score (nSPS) is 17.0. The van der Waals surface area contributed by atoms with Crippen molar-refractivity contribution in [3.8, 4) is 28.4 Å². The molecule has 0 N–H and O–H groups in total. The van der Waals surface area contributed by atoms with Gasteiger partial charge in [0.05, 0.1) is 10.6 Å². The number of para-hydroxylation sites is 1. The van der Waals surface area contributed by atoms with Gasteiger partial charge in [-0.15, -0.1) is 0 Å². The van der Waals surface area contributed by atoms with Crippen molar-refractivity contribution >= 4 is 40.3 Å². The van der Waals surface area contributed by atoms with E-state index in [2.05, 4.69) is 0 Å². The van der Waals surface area contributed by atoms with Gasteiger partial charge in [-0.3, -0.25) is 9.69 Å².